The van der Waals surface area contributed by atoms with Crippen LogP contribution in [-0.2, 0) is 24.3 Å². The number of sulfonamides is 1. The van der Waals surface area contributed by atoms with Gasteiger partial charge in [0.15, 0.2) is 0 Å². The Labute approximate surface area is 190 Å². The Kier molecular flexibility index (Phi) is 4.71. The summed E-state index contributed by atoms with van der Waals surface area (Å²) in [5.41, 5.74) is -0.565. The predicted octanol–water partition coefficient (Wildman–Crippen LogP) is 3.76. The molecule has 0 aliphatic carbocycles. The van der Waals surface area contributed by atoms with Gasteiger partial charge in [0.1, 0.15) is 11.0 Å². The third-order valence-electron chi connectivity index (χ3n) is 6.74. The molecule has 0 radical (unpaired) electrons. The Hall–Kier alpha value is -2.00. The maximum atomic E-state index is 13.9. The minimum Gasteiger partial charge on any atom is -0.468 e. The fraction of sp³-hybridized carbons (Fsp3) is 0.348. The van der Waals surface area contributed by atoms with Gasteiger partial charge in [-0.2, -0.15) is 4.31 Å². The van der Waals surface area contributed by atoms with Gasteiger partial charge in [-0.25, -0.2) is 8.42 Å². The van der Waals surface area contributed by atoms with Gasteiger partial charge >= 0.3 is 5.97 Å². The molecular weight excluding hydrogens is 482 g/mol. The number of carbonyl (C=O) groups is 1. The van der Waals surface area contributed by atoms with Crippen molar-refractivity contribution in [1.29, 1.82) is 0 Å². The van der Waals surface area contributed by atoms with E-state index in [1.54, 1.807) is 24.3 Å². The second-order valence-corrected chi connectivity index (χ2v) is 11.1. The monoisotopic (exact) mass is 503 g/mol. The number of benzene rings is 2. The normalized spacial score (nSPS) is 31.7. The zero-order valence-corrected chi connectivity index (χ0v) is 19.5. The highest BCUT2D eigenvalue weighted by Crippen LogP contribution is 2.66. The number of rotatable bonds is 4. The van der Waals surface area contributed by atoms with E-state index in [0.29, 0.717) is 12.0 Å². The van der Waals surface area contributed by atoms with Gasteiger partial charge in [-0.05, 0) is 37.1 Å². The fourth-order valence-electron chi connectivity index (χ4n) is 5.34. The van der Waals surface area contributed by atoms with Gasteiger partial charge < -0.3 is 9.47 Å². The minimum atomic E-state index is -3.93. The lowest BCUT2D eigenvalue weighted by Gasteiger charge is -2.38. The summed E-state index contributed by atoms with van der Waals surface area (Å²) in [6.07, 6.45) is 3.89. The number of aryl methyl sites for hydroxylation is 1. The maximum absolute atomic E-state index is 13.9. The van der Waals surface area contributed by atoms with Crippen LogP contribution in [0.3, 0.4) is 0 Å². The van der Waals surface area contributed by atoms with E-state index in [4.69, 9.17) is 9.47 Å². The minimum absolute atomic E-state index is 0.0390. The zero-order chi connectivity index (χ0) is 22.0. The van der Waals surface area contributed by atoms with Crippen LogP contribution in [0.5, 0.6) is 0 Å². The molecule has 0 aromatic heterocycles. The number of esters is 1. The quantitative estimate of drug-likeness (QED) is 0.469. The molecule has 3 aliphatic rings. The number of nitrogens with zero attached hydrogens (tertiary/aromatic N) is 1. The van der Waals surface area contributed by atoms with Gasteiger partial charge in [-0.1, -0.05) is 64.0 Å². The van der Waals surface area contributed by atoms with Crippen molar-refractivity contribution in [1.82, 2.24) is 4.31 Å². The van der Waals surface area contributed by atoms with E-state index in [0.717, 1.165) is 10.0 Å². The van der Waals surface area contributed by atoms with E-state index in [-0.39, 0.29) is 17.5 Å². The van der Waals surface area contributed by atoms with Crippen LogP contribution in [0.15, 0.2) is 70.1 Å². The SMILES string of the molecule is COC(=O)[C@@]12C[C@H]3C=C[C@]1(CN(S(=O)(=O)c1ccc(C)cc1)[C@@H]2c1ccccc1Br)O3. The van der Waals surface area contributed by atoms with Crippen LogP contribution in [0.1, 0.15) is 23.6 Å². The molecular formula is C23H22BrNO5S. The number of ether oxygens (including phenoxy) is 2. The van der Waals surface area contributed by atoms with Gasteiger partial charge in [0.2, 0.25) is 10.0 Å². The lowest BCUT2D eigenvalue weighted by Crippen LogP contribution is -2.49. The Morgan fingerprint density at radius 2 is 1.90 bits per heavy atom. The summed E-state index contributed by atoms with van der Waals surface area (Å²) >= 11 is 3.58. The average molecular weight is 504 g/mol. The molecule has 2 aromatic rings. The number of hydrogen-bond donors (Lipinski definition) is 0. The van der Waals surface area contributed by atoms with Gasteiger partial charge in [0, 0.05) is 11.0 Å². The summed E-state index contributed by atoms with van der Waals surface area (Å²) in [4.78, 5) is 13.6. The number of halogens is 1. The fourth-order valence-corrected chi connectivity index (χ4v) is 7.53. The number of hydrogen-bond acceptors (Lipinski definition) is 5. The number of fused-ring (bicyclic) bond motifs is 1. The highest BCUT2D eigenvalue weighted by molar-refractivity contribution is 9.10. The maximum Gasteiger partial charge on any atom is 0.317 e. The molecule has 8 heteroatoms. The summed E-state index contributed by atoms with van der Waals surface area (Å²) in [7, 11) is -2.59. The van der Waals surface area contributed by atoms with Crippen LogP contribution in [0.4, 0.5) is 0 Å². The van der Waals surface area contributed by atoms with Crippen LogP contribution < -0.4 is 0 Å². The van der Waals surface area contributed by atoms with Crippen molar-refractivity contribution in [2.75, 3.05) is 13.7 Å². The van der Waals surface area contributed by atoms with Gasteiger partial charge in [0.05, 0.1) is 24.2 Å². The van der Waals surface area contributed by atoms with E-state index in [9.17, 15) is 13.2 Å². The second-order valence-electron chi connectivity index (χ2n) is 8.36. The van der Waals surface area contributed by atoms with Crippen LogP contribution in [-0.4, -0.2) is 44.1 Å². The molecule has 4 atom stereocenters. The molecule has 2 aromatic carbocycles. The average Bonchev–Trinajstić information content (AvgIpc) is 3.39. The first-order valence-electron chi connectivity index (χ1n) is 10.0. The van der Waals surface area contributed by atoms with Gasteiger partial charge in [-0.3, -0.25) is 4.79 Å². The Bertz CT molecular complexity index is 1190. The molecule has 6 nitrogen and oxygen atoms in total. The molecule has 0 N–H and O–H groups in total. The largest absolute Gasteiger partial charge is 0.468 e. The molecule has 3 aliphatic heterocycles. The van der Waals surface area contributed by atoms with E-state index in [1.807, 2.05) is 43.3 Å². The Morgan fingerprint density at radius 3 is 2.55 bits per heavy atom. The first kappa shape index (κ1) is 20.9. The number of methoxy groups -OCH3 is 1. The first-order chi connectivity index (χ1) is 14.7. The molecule has 0 amide bonds. The molecule has 31 heavy (non-hydrogen) atoms. The smallest absolute Gasteiger partial charge is 0.317 e. The van der Waals surface area contributed by atoms with Crippen LogP contribution in [0.25, 0.3) is 0 Å². The molecule has 1 spiro atoms. The zero-order valence-electron chi connectivity index (χ0n) is 17.1. The van der Waals surface area contributed by atoms with Crippen molar-refractivity contribution < 1.29 is 22.7 Å². The van der Waals surface area contributed by atoms with E-state index in [2.05, 4.69) is 15.9 Å². The van der Waals surface area contributed by atoms with E-state index >= 15 is 0 Å². The topological polar surface area (TPSA) is 72.9 Å². The van der Waals surface area contributed by atoms with Crippen LogP contribution >= 0.6 is 15.9 Å². The van der Waals surface area contributed by atoms with Crippen molar-refractivity contribution in [3.05, 3.63) is 76.3 Å². The van der Waals surface area contributed by atoms with Gasteiger partial charge in [-0.15, -0.1) is 0 Å². The standard InChI is InChI=1S/C23H22BrNO5S/c1-15-7-9-17(10-8-15)31(27,28)25-14-22-12-11-16(30-22)13-23(22,21(26)29-2)20(25)18-5-3-4-6-19(18)24/h3-12,16,20H,13-14H2,1-2H3/t16-,20-,22-,23+/m1/s1. The summed E-state index contributed by atoms with van der Waals surface area (Å²) < 4.78 is 41.4. The summed E-state index contributed by atoms with van der Waals surface area (Å²) in [5.74, 6) is -0.457. The summed E-state index contributed by atoms with van der Waals surface area (Å²) in [6.45, 7) is 1.94. The molecule has 0 saturated carbocycles. The Balaban J connectivity index is 1.76. The highest BCUT2D eigenvalue weighted by Gasteiger charge is 2.76. The lowest BCUT2D eigenvalue weighted by atomic mass is 9.65. The molecule has 2 bridgehead atoms. The van der Waals surface area contributed by atoms with Crippen LogP contribution in [0, 0.1) is 12.3 Å². The third kappa shape index (κ3) is 2.75. The lowest BCUT2D eigenvalue weighted by molar-refractivity contribution is -0.159. The van der Waals surface area contributed by atoms with Crippen molar-refractivity contribution in [3.8, 4) is 0 Å². The molecule has 5 rings (SSSR count). The van der Waals surface area contributed by atoms with Crippen molar-refractivity contribution in [2.24, 2.45) is 5.41 Å². The molecule has 0 unspecified atom stereocenters. The second kappa shape index (κ2) is 7.00. The molecule has 2 fully saturated rings. The Morgan fingerprint density at radius 1 is 1.19 bits per heavy atom. The highest BCUT2D eigenvalue weighted by atomic mass is 79.9. The van der Waals surface area contributed by atoms with Crippen molar-refractivity contribution in [3.63, 3.8) is 0 Å². The van der Waals surface area contributed by atoms with Crippen molar-refractivity contribution in [2.45, 2.75) is 36.0 Å². The molecule has 162 valence electrons. The number of carbonyl (C=O) groups excluding carboxylic acids is 1. The molecule has 3 heterocycles. The summed E-state index contributed by atoms with van der Waals surface area (Å²) in [5, 5.41) is 0. The van der Waals surface area contributed by atoms with Crippen molar-refractivity contribution >= 4 is 31.9 Å². The third-order valence-corrected chi connectivity index (χ3v) is 9.29. The first-order valence-corrected chi connectivity index (χ1v) is 12.3. The van der Waals surface area contributed by atoms with Gasteiger partial charge in [0.25, 0.3) is 0 Å². The molecule has 2 saturated heterocycles. The predicted molar refractivity (Wildman–Crippen MR) is 118 cm³/mol. The van der Waals surface area contributed by atoms with Crippen LogP contribution in [0.2, 0.25) is 0 Å². The van der Waals surface area contributed by atoms with E-state index < -0.39 is 33.1 Å². The summed E-state index contributed by atoms with van der Waals surface area (Å²) in [6, 6.07) is 13.4. The van der Waals surface area contributed by atoms with E-state index in [1.165, 1.54) is 11.4 Å².